The molecule has 3 aromatic heterocycles. The Kier molecular flexibility index (Phi) is 6.76. The van der Waals surface area contributed by atoms with Crippen molar-refractivity contribution in [2.45, 2.75) is 45.4 Å². The maximum Gasteiger partial charge on any atom is 0.280 e. The number of nitrogens with zero attached hydrogens (tertiary/aromatic N) is 4. The molecule has 3 heterocycles. The first-order chi connectivity index (χ1) is 15.5. The quantitative estimate of drug-likeness (QED) is 0.308. The van der Waals surface area contributed by atoms with Crippen LogP contribution in [0.5, 0.6) is 0 Å². The van der Waals surface area contributed by atoms with Crippen molar-refractivity contribution < 1.29 is 4.79 Å². The second kappa shape index (κ2) is 9.70. The van der Waals surface area contributed by atoms with Gasteiger partial charge in [-0.05, 0) is 49.4 Å². The van der Waals surface area contributed by atoms with Crippen molar-refractivity contribution >= 4 is 45.7 Å². The van der Waals surface area contributed by atoms with E-state index in [1.807, 2.05) is 55.6 Å². The Morgan fingerprint density at radius 3 is 2.62 bits per heavy atom. The molecule has 1 amide bonds. The molecule has 0 aliphatic heterocycles. The first-order valence-corrected chi connectivity index (χ1v) is 12.4. The van der Waals surface area contributed by atoms with Crippen LogP contribution in [0.15, 0.2) is 51.7 Å². The fraction of sp³-hybridized carbons (Fsp3) is 0.304. The lowest BCUT2D eigenvalue weighted by Crippen LogP contribution is -2.26. The number of thiophene rings is 1. The van der Waals surface area contributed by atoms with E-state index in [1.54, 1.807) is 20.6 Å². The van der Waals surface area contributed by atoms with Crippen LogP contribution in [0.4, 0.5) is 5.69 Å². The minimum Gasteiger partial charge on any atom is -0.325 e. The molecule has 0 bridgehead atoms. The third-order valence-electron chi connectivity index (χ3n) is 5.15. The molecule has 32 heavy (non-hydrogen) atoms. The molecule has 4 rings (SSSR count). The van der Waals surface area contributed by atoms with E-state index in [4.69, 9.17) is 4.98 Å². The van der Waals surface area contributed by atoms with Crippen LogP contribution < -0.4 is 10.9 Å². The van der Waals surface area contributed by atoms with Crippen LogP contribution in [0.1, 0.15) is 30.0 Å². The Balaban J connectivity index is 1.62. The number of aromatic nitrogens is 4. The lowest BCUT2D eigenvalue weighted by atomic mass is 10.1. The molecule has 1 aromatic carbocycles. The van der Waals surface area contributed by atoms with Crippen molar-refractivity contribution in [3.8, 4) is 0 Å². The fourth-order valence-corrected chi connectivity index (χ4v) is 4.96. The number of anilines is 1. The van der Waals surface area contributed by atoms with E-state index in [-0.39, 0.29) is 17.2 Å². The van der Waals surface area contributed by atoms with Gasteiger partial charge in [-0.15, -0.1) is 11.3 Å². The monoisotopic (exact) mass is 467 g/mol. The largest absolute Gasteiger partial charge is 0.325 e. The standard InChI is InChI=1S/C23H25N5O2S2/c1-4-16-8-10-17(11-9-16)24-19(29)14-32-23-25-20-15(3)26-28(5-2)21(20)22(30)27(23)13-18-7-6-12-31-18/h6-12H,4-5,13-14H2,1-3H3,(H,24,29). The number of carbonyl (C=O) groups is 1. The van der Waals surface area contributed by atoms with Gasteiger partial charge in [0, 0.05) is 17.1 Å². The molecule has 0 unspecified atom stereocenters. The van der Waals surface area contributed by atoms with E-state index >= 15 is 0 Å². The molecule has 0 atom stereocenters. The molecular formula is C23H25N5O2S2. The molecular weight excluding hydrogens is 442 g/mol. The average Bonchev–Trinajstić information content (AvgIpc) is 3.42. The summed E-state index contributed by atoms with van der Waals surface area (Å²) >= 11 is 2.85. The van der Waals surface area contributed by atoms with Crippen LogP contribution in [0, 0.1) is 6.92 Å². The van der Waals surface area contributed by atoms with Gasteiger partial charge < -0.3 is 5.32 Å². The molecule has 7 nitrogen and oxygen atoms in total. The Labute approximate surface area is 194 Å². The van der Waals surface area contributed by atoms with Gasteiger partial charge in [0.25, 0.3) is 5.56 Å². The number of rotatable bonds is 8. The highest BCUT2D eigenvalue weighted by molar-refractivity contribution is 7.99. The maximum atomic E-state index is 13.4. The SMILES string of the molecule is CCc1ccc(NC(=O)CSc2nc3c(C)nn(CC)c3c(=O)n2Cc2cccs2)cc1. The smallest absolute Gasteiger partial charge is 0.280 e. The molecule has 0 spiro atoms. The van der Waals surface area contributed by atoms with Crippen LogP contribution in [-0.2, 0) is 24.3 Å². The molecule has 0 saturated heterocycles. The van der Waals surface area contributed by atoms with Crippen LogP contribution in [-0.4, -0.2) is 31.0 Å². The average molecular weight is 468 g/mol. The third kappa shape index (κ3) is 4.63. The van der Waals surface area contributed by atoms with Crippen LogP contribution in [0.3, 0.4) is 0 Å². The first kappa shape index (κ1) is 22.3. The molecule has 1 N–H and O–H groups in total. The number of nitrogens with one attached hydrogen (secondary N) is 1. The van der Waals surface area contributed by atoms with E-state index in [0.29, 0.717) is 35.0 Å². The lowest BCUT2D eigenvalue weighted by molar-refractivity contribution is -0.113. The van der Waals surface area contributed by atoms with Gasteiger partial charge in [-0.1, -0.05) is 36.9 Å². The van der Waals surface area contributed by atoms with Gasteiger partial charge in [-0.25, -0.2) is 4.98 Å². The van der Waals surface area contributed by atoms with Crippen molar-refractivity contribution in [3.05, 3.63) is 68.3 Å². The summed E-state index contributed by atoms with van der Waals surface area (Å²) in [6.07, 6.45) is 0.952. The minimum absolute atomic E-state index is 0.135. The topological polar surface area (TPSA) is 81.8 Å². The van der Waals surface area contributed by atoms with E-state index in [0.717, 1.165) is 17.0 Å². The Morgan fingerprint density at radius 1 is 1.19 bits per heavy atom. The summed E-state index contributed by atoms with van der Waals surface area (Å²) in [5, 5.41) is 9.89. The number of aryl methyl sites for hydroxylation is 3. The zero-order valence-corrected chi connectivity index (χ0v) is 19.9. The van der Waals surface area contributed by atoms with Crippen molar-refractivity contribution in [2.75, 3.05) is 11.1 Å². The Morgan fingerprint density at radius 2 is 1.97 bits per heavy atom. The summed E-state index contributed by atoms with van der Waals surface area (Å²) in [4.78, 5) is 31.8. The summed E-state index contributed by atoms with van der Waals surface area (Å²) in [6, 6.07) is 11.8. The number of hydrogen-bond acceptors (Lipinski definition) is 6. The molecule has 9 heteroatoms. The van der Waals surface area contributed by atoms with E-state index in [9.17, 15) is 9.59 Å². The fourth-order valence-electron chi connectivity index (χ4n) is 3.48. The van der Waals surface area contributed by atoms with Crippen LogP contribution in [0.2, 0.25) is 0 Å². The Hall–Kier alpha value is -2.91. The van der Waals surface area contributed by atoms with Crippen molar-refractivity contribution in [3.63, 3.8) is 0 Å². The molecule has 166 valence electrons. The molecule has 0 fully saturated rings. The molecule has 0 aliphatic carbocycles. The highest BCUT2D eigenvalue weighted by Gasteiger charge is 2.19. The van der Waals surface area contributed by atoms with Gasteiger partial charge in [-0.2, -0.15) is 5.10 Å². The number of thioether (sulfide) groups is 1. The predicted octanol–water partition coefficient (Wildman–Crippen LogP) is 4.32. The summed E-state index contributed by atoms with van der Waals surface area (Å²) in [5.41, 5.74) is 3.65. The van der Waals surface area contributed by atoms with Gasteiger partial charge in [0.1, 0.15) is 5.52 Å². The Bertz CT molecular complexity index is 1290. The third-order valence-corrected chi connectivity index (χ3v) is 6.99. The second-order valence-corrected chi connectivity index (χ2v) is 9.33. The number of benzene rings is 1. The summed E-state index contributed by atoms with van der Waals surface area (Å²) < 4.78 is 3.35. The van der Waals surface area contributed by atoms with E-state index < -0.39 is 0 Å². The number of amides is 1. The lowest BCUT2D eigenvalue weighted by Gasteiger charge is -2.12. The normalized spacial score (nSPS) is 11.2. The summed E-state index contributed by atoms with van der Waals surface area (Å²) in [6.45, 7) is 6.90. The maximum absolute atomic E-state index is 13.4. The molecule has 0 radical (unpaired) electrons. The van der Waals surface area contributed by atoms with Gasteiger partial charge >= 0.3 is 0 Å². The van der Waals surface area contributed by atoms with Gasteiger partial charge in [-0.3, -0.25) is 18.8 Å². The number of hydrogen-bond donors (Lipinski definition) is 1. The van der Waals surface area contributed by atoms with E-state index in [2.05, 4.69) is 17.3 Å². The predicted molar refractivity (Wildman–Crippen MR) is 131 cm³/mol. The first-order valence-electron chi connectivity index (χ1n) is 10.5. The summed E-state index contributed by atoms with van der Waals surface area (Å²) in [7, 11) is 0. The molecule has 4 aromatic rings. The van der Waals surface area contributed by atoms with Crippen LogP contribution >= 0.6 is 23.1 Å². The zero-order valence-electron chi connectivity index (χ0n) is 18.3. The van der Waals surface area contributed by atoms with Crippen LogP contribution in [0.25, 0.3) is 11.0 Å². The minimum atomic E-state index is -0.141. The molecule has 0 saturated carbocycles. The van der Waals surface area contributed by atoms with Gasteiger partial charge in [0.2, 0.25) is 5.91 Å². The molecule has 0 aliphatic rings. The van der Waals surface area contributed by atoms with Crippen molar-refractivity contribution in [1.29, 1.82) is 0 Å². The van der Waals surface area contributed by atoms with E-state index in [1.165, 1.54) is 17.3 Å². The highest BCUT2D eigenvalue weighted by atomic mass is 32.2. The van der Waals surface area contributed by atoms with Crippen molar-refractivity contribution in [2.24, 2.45) is 0 Å². The van der Waals surface area contributed by atoms with Gasteiger partial charge in [0.15, 0.2) is 10.7 Å². The number of carbonyl (C=O) groups excluding carboxylic acids is 1. The zero-order chi connectivity index (χ0) is 22.7. The van der Waals surface area contributed by atoms with Gasteiger partial charge in [0.05, 0.1) is 18.0 Å². The van der Waals surface area contributed by atoms with Crippen molar-refractivity contribution in [1.82, 2.24) is 19.3 Å². The number of fused-ring (bicyclic) bond motifs is 1. The summed E-state index contributed by atoms with van der Waals surface area (Å²) in [5.74, 6) is 0.0102. The highest BCUT2D eigenvalue weighted by Crippen LogP contribution is 2.22. The second-order valence-electron chi connectivity index (χ2n) is 7.35.